The van der Waals surface area contributed by atoms with Crippen molar-refractivity contribution in [3.63, 3.8) is 0 Å². The number of nitrogens with one attached hydrogen (secondary N) is 1. The van der Waals surface area contributed by atoms with Crippen molar-refractivity contribution >= 4 is 22.9 Å². The molecule has 0 atom stereocenters. The zero-order chi connectivity index (χ0) is 19.2. The number of methoxy groups -OCH3 is 1. The maximum atomic E-state index is 13.2. The largest absolute Gasteiger partial charge is 0.489 e. The molecule has 0 aliphatic heterocycles. The molecule has 1 heterocycles. The van der Waals surface area contributed by atoms with Crippen LogP contribution in [0.4, 0.5) is 10.1 Å². The van der Waals surface area contributed by atoms with Crippen molar-refractivity contribution in [3.05, 3.63) is 75.5 Å². The zero-order valence-corrected chi connectivity index (χ0v) is 15.8. The highest BCUT2D eigenvalue weighted by molar-refractivity contribution is 7.09. The number of carbonyl (C=O) groups excluding carboxylic acids is 1. The van der Waals surface area contributed by atoms with Crippen LogP contribution in [-0.2, 0) is 18.0 Å². The number of aryl methyl sites for hydroxylation is 1. The van der Waals surface area contributed by atoms with Crippen LogP contribution in [0.2, 0.25) is 0 Å². The quantitative estimate of drug-likeness (QED) is 0.646. The first-order chi connectivity index (χ1) is 13.0. The minimum atomic E-state index is -0.291. The van der Waals surface area contributed by atoms with Gasteiger partial charge in [-0.3, -0.25) is 4.79 Å². The summed E-state index contributed by atoms with van der Waals surface area (Å²) in [4.78, 5) is 16.6. The highest BCUT2D eigenvalue weighted by Crippen LogP contribution is 2.23. The highest BCUT2D eigenvalue weighted by Gasteiger charge is 2.12. The van der Waals surface area contributed by atoms with E-state index in [1.807, 2.05) is 13.0 Å². The summed E-state index contributed by atoms with van der Waals surface area (Å²) >= 11 is 1.38. The molecule has 7 heteroatoms. The van der Waals surface area contributed by atoms with Gasteiger partial charge in [-0.15, -0.1) is 11.3 Å². The monoisotopic (exact) mass is 386 g/mol. The number of carbonyl (C=O) groups is 1. The van der Waals surface area contributed by atoms with Crippen LogP contribution in [0.3, 0.4) is 0 Å². The molecule has 5 nitrogen and oxygen atoms in total. The van der Waals surface area contributed by atoms with Crippen LogP contribution in [0.25, 0.3) is 0 Å². The molecular formula is C20H19FN2O3S. The molecule has 1 N–H and O–H groups in total. The summed E-state index contributed by atoms with van der Waals surface area (Å²) < 4.78 is 23.9. The van der Waals surface area contributed by atoms with E-state index in [-0.39, 0.29) is 18.3 Å². The normalized spacial score (nSPS) is 10.6. The Balaban J connectivity index is 1.62. The van der Waals surface area contributed by atoms with Crippen molar-refractivity contribution in [1.82, 2.24) is 4.98 Å². The number of halogens is 1. The van der Waals surface area contributed by atoms with Crippen molar-refractivity contribution in [2.45, 2.75) is 20.1 Å². The van der Waals surface area contributed by atoms with E-state index >= 15 is 0 Å². The summed E-state index contributed by atoms with van der Waals surface area (Å²) in [5.74, 6) is 0.0805. The molecule has 0 bridgehead atoms. The second-order valence-electron chi connectivity index (χ2n) is 5.91. The molecule has 1 amide bonds. The van der Waals surface area contributed by atoms with Crippen molar-refractivity contribution in [3.8, 4) is 5.75 Å². The topological polar surface area (TPSA) is 60.5 Å². The first kappa shape index (κ1) is 19.0. The SMILES string of the molecule is COCc1nc(C(=O)Nc2ccc(OCc3cccc(F)c3)cc2C)cs1. The molecule has 0 saturated heterocycles. The van der Waals surface area contributed by atoms with E-state index in [4.69, 9.17) is 9.47 Å². The first-order valence-corrected chi connectivity index (χ1v) is 9.15. The Morgan fingerprint density at radius 3 is 2.81 bits per heavy atom. The highest BCUT2D eigenvalue weighted by atomic mass is 32.1. The van der Waals surface area contributed by atoms with Gasteiger partial charge in [-0.05, 0) is 48.4 Å². The van der Waals surface area contributed by atoms with Crippen LogP contribution in [0, 0.1) is 12.7 Å². The summed E-state index contributed by atoms with van der Waals surface area (Å²) in [6.07, 6.45) is 0. The van der Waals surface area contributed by atoms with E-state index in [9.17, 15) is 9.18 Å². The zero-order valence-electron chi connectivity index (χ0n) is 15.0. The Bertz CT molecular complexity index is 942. The molecule has 3 aromatic rings. The number of anilines is 1. The van der Waals surface area contributed by atoms with Crippen molar-refractivity contribution in [1.29, 1.82) is 0 Å². The van der Waals surface area contributed by atoms with Gasteiger partial charge >= 0.3 is 0 Å². The second-order valence-corrected chi connectivity index (χ2v) is 6.85. The van der Waals surface area contributed by atoms with Crippen LogP contribution in [0.1, 0.15) is 26.6 Å². The molecule has 0 saturated carbocycles. The van der Waals surface area contributed by atoms with Crippen LogP contribution >= 0.6 is 11.3 Å². The molecular weight excluding hydrogens is 367 g/mol. The standard InChI is InChI=1S/C20H19FN2O3S/c1-13-8-16(26-10-14-4-3-5-15(21)9-14)6-7-17(13)23-20(24)18-12-27-19(22-18)11-25-2/h3-9,12H,10-11H2,1-2H3,(H,23,24). The number of rotatable bonds is 7. The van der Waals surface area contributed by atoms with Crippen LogP contribution in [0.15, 0.2) is 47.8 Å². The van der Waals surface area contributed by atoms with E-state index in [0.29, 0.717) is 23.7 Å². The minimum Gasteiger partial charge on any atom is -0.489 e. The summed E-state index contributed by atoms with van der Waals surface area (Å²) in [7, 11) is 1.59. The Morgan fingerprint density at radius 2 is 2.07 bits per heavy atom. The molecule has 0 unspecified atom stereocenters. The van der Waals surface area contributed by atoms with Crippen molar-refractivity contribution < 1.29 is 18.7 Å². The summed E-state index contributed by atoms with van der Waals surface area (Å²) in [6.45, 7) is 2.53. The smallest absolute Gasteiger partial charge is 0.275 e. The van der Waals surface area contributed by atoms with E-state index in [1.54, 1.807) is 36.8 Å². The van der Waals surface area contributed by atoms with Gasteiger partial charge < -0.3 is 14.8 Å². The van der Waals surface area contributed by atoms with Crippen LogP contribution < -0.4 is 10.1 Å². The lowest BCUT2D eigenvalue weighted by molar-refractivity contribution is 0.102. The molecule has 2 aromatic carbocycles. The van der Waals surface area contributed by atoms with Gasteiger partial charge in [0.2, 0.25) is 0 Å². The Kier molecular flexibility index (Phi) is 6.16. The van der Waals surface area contributed by atoms with Gasteiger partial charge in [0.05, 0.1) is 6.61 Å². The number of amides is 1. The molecule has 0 fully saturated rings. The predicted octanol–water partition coefficient (Wildman–Crippen LogP) is 4.57. The van der Waals surface area contributed by atoms with Crippen molar-refractivity contribution in [2.24, 2.45) is 0 Å². The number of benzene rings is 2. The van der Waals surface area contributed by atoms with Gasteiger partial charge in [0.15, 0.2) is 0 Å². The van der Waals surface area contributed by atoms with Gasteiger partial charge in [-0.1, -0.05) is 12.1 Å². The molecule has 0 aliphatic rings. The lowest BCUT2D eigenvalue weighted by Crippen LogP contribution is -2.13. The van der Waals surface area contributed by atoms with Crippen LogP contribution in [-0.4, -0.2) is 18.0 Å². The van der Waals surface area contributed by atoms with Crippen molar-refractivity contribution in [2.75, 3.05) is 12.4 Å². The number of aromatic nitrogens is 1. The number of hydrogen-bond acceptors (Lipinski definition) is 5. The van der Waals surface area contributed by atoms with Gasteiger partial charge in [0, 0.05) is 18.2 Å². The number of ether oxygens (including phenoxy) is 2. The number of nitrogens with zero attached hydrogens (tertiary/aromatic N) is 1. The second kappa shape index (κ2) is 8.75. The Hall–Kier alpha value is -2.77. The maximum absolute atomic E-state index is 13.2. The molecule has 3 rings (SSSR count). The van der Waals surface area contributed by atoms with Crippen LogP contribution in [0.5, 0.6) is 5.75 Å². The summed E-state index contributed by atoms with van der Waals surface area (Å²) in [6, 6.07) is 11.6. The fourth-order valence-electron chi connectivity index (χ4n) is 2.45. The molecule has 27 heavy (non-hydrogen) atoms. The predicted molar refractivity (Wildman–Crippen MR) is 103 cm³/mol. The fraction of sp³-hybridized carbons (Fsp3) is 0.200. The average Bonchev–Trinajstić information content (AvgIpc) is 3.11. The van der Waals surface area contributed by atoms with Gasteiger partial charge in [0.1, 0.15) is 28.9 Å². The maximum Gasteiger partial charge on any atom is 0.275 e. The average molecular weight is 386 g/mol. The lowest BCUT2D eigenvalue weighted by atomic mass is 10.2. The third kappa shape index (κ3) is 5.12. The molecule has 0 aliphatic carbocycles. The molecule has 140 valence electrons. The molecule has 0 radical (unpaired) electrons. The summed E-state index contributed by atoms with van der Waals surface area (Å²) in [5.41, 5.74) is 2.64. The Morgan fingerprint density at radius 1 is 1.22 bits per heavy atom. The van der Waals surface area contributed by atoms with Gasteiger partial charge in [-0.25, -0.2) is 9.37 Å². The third-order valence-corrected chi connectivity index (χ3v) is 4.62. The summed E-state index contributed by atoms with van der Waals surface area (Å²) in [5, 5.41) is 5.30. The van der Waals surface area contributed by atoms with Gasteiger partial charge in [0.25, 0.3) is 5.91 Å². The lowest BCUT2D eigenvalue weighted by Gasteiger charge is -2.11. The number of hydrogen-bond donors (Lipinski definition) is 1. The minimum absolute atomic E-state index is 0.268. The van der Waals surface area contributed by atoms with E-state index in [1.165, 1.54) is 23.5 Å². The molecule has 0 spiro atoms. The Labute approximate surface area is 160 Å². The van der Waals surface area contributed by atoms with E-state index in [2.05, 4.69) is 10.3 Å². The van der Waals surface area contributed by atoms with Gasteiger partial charge in [-0.2, -0.15) is 0 Å². The van der Waals surface area contributed by atoms with E-state index in [0.717, 1.165) is 16.1 Å². The molecule has 1 aromatic heterocycles. The van der Waals surface area contributed by atoms with E-state index < -0.39 is 0 Å². The third-order valence-electron chi connectivity index (χ3n) is 3.79. The first-order valence-electron chi connectivity index (χ1n) is 8.28. The fourth-order valence-corrected chi connectivity index (χ4v) is 3.20. The number of thiazole rings is 1.